The van der Waals surface area contributed by atoms with Crippen molar-refractivity contribution in [2.45, 2.75) is 0 Å². The third-order valence-corrected chi connectivity index (χ3v) is 1.69. The van der Waals surface area contributed by atoms with E-state index in [0.29, 0.717) is 15.8 Å². The fourth-order valence-corrected chi connectivity index (χ4v) is 1.14. The summed E-state index contributed by atoms with van der Waals surface area (Å²) < 4.78 is 4.84. The van der Waals surface area contributed by atoms with Crippen molar-refractivity contribution in [2.75, 3.05) is 0 Å². The molecule has 2 N–H and O–H groups in total. The first-order chi connectivity index (χ1) is 6.68. The molecule has 2 rings (SSSR count). The molecule has 1 heterocycles. The number of imidazole rings is 1. The Morgan fingerprint density at radius 3 is 2.79 bits per heavy atom. The van der Waals surface area contributed by atoms with Gasteiger partial charge in [0.1, 0.15) is 5.52 Å². The van der Waals surface area contributed by atoms with E-state index in [0.717, 1.165) is 0 Å². The molecular weight excluding hydrogens is 188 g/mol. The summed E-state index contributed by atoms with van der Waals surface area (Å²) >= 11 is 0. The number of para-hydroxylation sites is 2. The standard InChI is InChI=1S/C8H6N2O4/c11-8(12)14-7-9-5-3-1-2-4-6(5)10(7)13/h1-4,13H,(H,11,12). The van der Waals surface area contributed by atoms with Crippen LogP contribution in [-0.2, 0) is 0 Å². The predicted octanol–water partition coefficient (Wildman–Crippen LogP) is 1.33. The Labute approximate surface area is 77.9 Å². The van der Waals surface area contributed by atoms with Gasteiger partial charge in [-0.3, -0.25) is 0 Å². The molecule has 0 saturated carbocycles. The molecule has 0 amide bonds. The molecule has 0 aliphatic carbocycles. The lowest BCUT2D eigenvalue weighted by atomic mass is 10.3. The lowest BCUT2D eigenvalue weighted by molar-refractivity contribution is 0.114. The normalized spacial score (nSPS) is 10.3. The molecule has 0 aliphatic heterocycles. The highest BCUT2D eigenvalue weighted by Gasteiger charge is 2.12. The third kappa shape index (κ3) is 1.22. The van der Waals surface area contributed by atoms with E-state index in [1.54, 1.807) is 24.3 Å². The monoisotopic (exact) mass is 194 g/mol. The second kappa shape index (κ2) is 2.91. The van der Waals surface area contributed by atoms with Gasteiger partial charge < -0.3 is 15.1 Å². The van der Waals surface area contributed by atoms with E-state index in [1.165, 1.54) is 0 Å². The number of fused-ring (bicyclic) bond motifs is 1. The Kier molecular flexibility index (Phi) is 1.74. The first-order valence-electron chi connectivity index (χ1n) is 3.76. The summed E-state index contributed by atoms with van der Waals surface area (Å²) in [5.74, 6) is 0. The number of benzene rings is 1. The van der Waals surface area contributed by atoms with Gasteiger partial charge in [0.25, 0.3) is 0 Å². The minimum atomic E-state index is -1.52. The van der Waals surface area contributed by atoms with Gasteiger partial charge in [0, 0.05) is 0 Å². The molecule has 1 aromatic carbocycles. The predicted molar refractivity (Wildman–Crippen MR) is 45.6 cm³/mol. The Balaban J connectivity index is 2.57. The number of aromatic nitrogens is 2. The highest BCUT2D eigenvalue weighted by Crippen LogP contribution is 2.18. The Morgan fingerprint density at radius 2 is 2.14 bits per heavy atom. The van der Waals surface area contributed by atoms with Gasteiger partial charge in [0.2, 0.25) is 0 Å². The summed E-state index contributed by atoms with van der Waals surface area (Å²) in [6.45, 7) is 0. The van der Waals surface area contributed by atoms with Crippen LogP contribution in [0.3, 0.4) is 0 Å². The zero-order valence-electron chi connectivity index (χ0n) is 6.91. The SMILES string of the molecule is O=C(O)Oc1nc2ccccc2n1O. The van der Waals surface area contributed by atoms with Gasteiger partial charge in [-0.05, 0) is 12.1 Å². The van der Waals surface area contributed by atoms with Crippen molar-refractivity contribution in [3.05, 3.63) is 24.3 Å². The van der Waals surface area contributed by atoms with E-state index in [-0.39, 0.29) is 6.01 Å². The average molecular weight is 194 g/mol. The van der Waals surface area contributed by atoms with Gasteiger partial charge in [0.05, 0.1) is 5.52 Å². The Morgan fingerprint density at radius 1 is 1.43 bits per heavy atom. The highest BCUT2D eigenvalue weighted by atomic mass is 16.7. The molecule has 0 aliphatic rings. The summed E-state index contributed by atoms with van der Waals surface area (Å²) in [5.41, 5.74) is 0.856. The second-order valence-electron chi connectivity index (χ2n) is 2.56. The minimum absolute atomic E-state index is 0.362. The number of carboxylic acid groups (broad SMARTS) is 1. The van der Waals surface area contributed by atoms with Gasteiger partial charge >= 0.3 is 12.2 Å². The minimum Gasteiger partial charge on any atom is -0.449 e. The lowest BCUT2D eigenvalue weighted by Gasteiger charge is -1.96. The lowest BCUT2D eigenvalue weighted by Crippen LogP contribution is -2.07. The van der Waals surface area contributed by atoms with Crippen LogP contribution in [-0.4, -0.2) is 26.2 Å². The van der Waals surface area contributed by atoms with Crippen LogP contribution in [0.25, 0.3) is 11.0 Å². The quantitative estimate of drug-likeness (QED) is 0.528. The maximum absolute atomic E-state index is 10.2. The summed E-state index contributed by atoms with van der Waals surface area (Å²) in [6, 6.07) is 6.29. The van der Waals surface area contributed by atoms with Crippen LogP contribution in [0.15, 0.2) is 24.3 Å². The maximum atomic E-state index is 10.2. The summed E-state index contributed by atoms with van der Waals surface area (Å²) in [6.07, 6.45) is -1.52. The molecule has 0 fully saturated rings. The maximum Gasteiger partial charge on any atom is 0.513 e. The van der Waals surface area contributed by atoms with Gasteiger partial charge in [0.15, 0.2) is 0 Å². The molecule has 0 atom stereocenters. The van der Waals surface area contributed by atoms with Crippen LogP contribution in [0, 0.1) is 0 Å². The summed E-state index contributed by atoms with van der Waals surface area (Å²) in [7, 11) is 0. The number of rotatable bonds is 1. The topological polar surface area (TPSA) is 84.6 Å². The summed E-state index contributed by atoms with van der Waals surface area (Å²) in [5, 5.41) is 17.7. The average Bonchev–Trinajstić information content (AvgIpc) is 2.44. The summed E-state index contributed by atoms with van der Waals surface area (Å²) in [4.78, 5) is 14.0. The molecule has 14 heavy (non-hydrogen) atoms. The van der Waals surface area contributed by atoms with Gasteiger partial charge in [-0.2, -0.15) is 4.98 Å². The Hall–Kier alpha value is -2.24. The van der Waals surface area contributed by atoms with Crippen molar-refractivity contribution in [3.8, 4) is 6.01 Å². The van der Waals surface area contributed by atoms with Crippen molar-refractivity contribution in [2.24, 2.45) is 0 Å². The molecule has 0 saturated heterocycles. The van der Waals surface area contributed by atoms with Crippen molar-refractivity contribution in [3.63, 3.8) is 0 Å². The number of hydrogen-bond acceptors (Lipinski definition) is 4. The highest BCUT2D eigenvalue weighted by molar-refractivity contribution is 5.76. The molecule has 0 radical (unpaired) electrons. The number of ether oxygens (including phenoxy) is 1. The van der Waals surface area contributed by atoms with Gasteiger partial charge in [-0.15, -0.1) is 4.73 Å². The molecule has 1 aromatic heterocycles. The van der Waals surface area contributed by atoms with Crippen LogP contribution in [0.2, 0.25) is 0 Å². The van der Waals surface area contributed by atoms with E-state index in [9.17, 15) is 10.0 Å². The van der Waals surface area contributed by atoms with Crippen molar-refractivity contribution in [1.82, 2.24) is 9.71 Å². The first-order valence-corrected chi connectivity index (χ1v) is 3.76. The van der Waals surface area contributed by atoms with E-state index < -0.39 is 6.16 Å². The van der Waals surface area contributed by atoms with Gasteiger partial charge in [-0.1, -0.05) is 12.1 Å². The number of nitrogens with zero attached hydrogens (tertiary/aromatic N) is 2. The van der Waals surface area contributed by atoms with Crippen LogP contribution in [0.1, 0.15) is 0 Å². The molecule has 0 unspecified atom stereocenters. The second-order valence-corrected chi connectivity index (χ2v) is 2.56. The molecule has 6 heteroatoms. The number of carbonyl (C=O) groups is 1. The molecular formula is C8H6N2O4. The van der Waals surface area contributed by atoms with E-state index >= 15 is 0 Å². The van der Waals surface area contributed by atoms with Crippen molar-refractivity contribution < 1.29 is 19.8 Å². The molecule has 0 spiro atoms. The van der Waals surface area contributed by atoms with E-state index in [1.807, 2.05) is 0 Å². The fourth-order valence-electron chi connectivity index (χ4n) is 1.14. The van der Waals surface area contributed by atoms with Crippen LogP contribution in [0.4, 0.5) is 4.79 Å². The molecule has 0 bridgehead atoms. The zero-order valence-corrected chi connectivity index (χ0v) is 6.91. The molecule has 72 valence electrons. The van der Waals surface area contributed by atoms with Crippen LogP contribution >= 0.6 is 0 Å². The third-order valence-electron chi connectivity index (χ3n) is 1.69. The zero-order chi connectivity index (χ0) is 10.1. The van der Waals surface area contributed by atoms with E-state index in [2.05, 4.69) is 9.72 Å². The first kappa shape index (κ1) is 8.36. The van der Waals surface area contributed by atoms with Crippen LogP contribution in [0.5, 0.6) is 6.01 Å². The van der Waals surface area contributed by atoms with Crippen LogP contribution < -0.4 is 4.74 Å². The van der Waals surface area contributed by atoms with Crippen molar-refractivity contribution >= 4 is 17.2 Å². The fraction of sp³-hybridized carbons (Fsp3) is 0. The largest absolute Gasteiger partial charge is 0.513 e. The molecule has 6 nitrogen and oxygen atoms in total. The smallest absolute Gasteiger partial charge is 0.449 e. The molecule has 2 aromatic rings. The van der Waals surface area contributed by atoms with E-state index in [4.69, 9.17) is 5.11 Å². The van der Waals surface area contributed by atoms with Gasteiger partial charge in [-0.25, -0.2) is 4.79 Å². The Bertz CT molecular complexity index is 491. The number of hydrogen-bond donors (Lipinski definition) is 2. The van der Waals surface area contributed by atoms with Crippen molar-refractivity contribution in [1.29, 1.82) is 0 Å².